The van der Waals surface area contributed by atoms with Crippen molar-refractivity contribution in [3.8, 4) is 5.75 Å². The largest absolute Gasteiger partial charge is 0.497 e. The van der Waals surface area contributed by atoms with E-state index in [1.165, 1.54) is 0 Å². The van der Waals surface area contributed by atoms with Gasteiger partial charge in [-0.25, -0.2) is 0 Å². The molecule has 114 valence electrons. The minimum Gasteiger partial charge on any atom is -0.497 e. The molecule has 0 aromatic heterocycles. The van der Waals surface area contributed by atoms with Crippen LogP contribution in [0.3, 0.4) is 0 Å². The lowest BCUT2D eigenvalue weighted by Crippen LogP contribution is -2.51. The van der Waals surface area contributed by atoms with E-state index in [4.69, 9.17) is 4.74 Å². The first-order chi connectivity index (χ1) is 9.06. The molecule has 0 aliphatic carbocycles. The Labute approximate surface area is 127 Å². The van der Waals surface area contributed by atoms with E-state index in [2.05, 4.69) is 10.2 Å². The van der Waals surface area contributed by atoms with Gasteiger partial charge in [-0.2, -0.15) is 0 Å². The van der Waals surface area contributed by atoms with Gasteiger partial charge in [0.1, 0.15) is 5.75 Å². The minimum atomic E-state index is -0.774. The van der Waals surface area contributed by atoms with Gasteiger partial charge in [-0.15, -0.1) is 12.4 Å². The molecule has 0 spiro atoms. The van der Waals surface area contributed by atoms with Crippen LogP contribution >= 0.6 is 12.4 Å². The standard InChI is InChI=1S/C15H24N2O2.ClH/c1-17(2)11-13-10-16-8-7-15(13,18)12-5-4-6-14(9-12)19-3;/h4-6,9,13,16,18H,7-8,10-11H2,1-3H3;1H/t13-,15-;/m0./s1. The van der Waals surface area contributed by atoms with Gasteiger partial charge < -0.3 is 20.1 Å². The van der Waals surface area contributed by atoms with Gasteiger partial charge in [0.15, 0.2) is 0 Å². The number of ether oxygens (including phenoxy) is 1. The number of aliphatic hydroxyl groups is 1. The Kier molecular flexibility index (Phi) is 6.27. The topological polar surface area (TPSA) is 44.7 Å². The maximum atomic E-state index is 11.1. The zero-order valence-electron chi connectivity index (χ0n) is 12.4. The molecule has 0 radical (unpaired) electrons. The molecule has 1 saturated heterocycles. The van der Waals surface area contributed by atoms with Gasteiger partial charge in [0.2, 0.25) is 0 Å². The van der Waals surface area contributed by atoms with Crippen molar-refractivity contribution in [3.63, 3.8) is 0 Å². The first-order valence-electron chi connectivity index (χ1n) is 6.78. The van der Waals surface area contributed by atoms with Crippen LogP contribution in [0.5, 0.6) is 5.75 Å². The predicted octanol–water partition coefficient (Wildman–Crippen LogP) is 1.48. The van der Waals surface area contributed by atoms with E-state index >= 15 is 0 Å². The maximum Gasteiger partial charge on any atom is 0.119 e. The quantitative estimate of drug-likeness (QED) is 0.884. The van der Waals surface area contributed by atoms with Gasteiger partial charge in [0.05, 0.1) is 12.7 Å². The van der Waals surface area contributed by atoms with Crippen molar-refractivity contribution in [1.29, 1.82) is 0 Å². The third-order valence-corrected chi connectivity index (χ3v) is 3.90. The summed E-state index contributed by atoms with van der Waals surface area (Å²) < 4.78 is 5.27. The summed E-state index contributed by atoms with van der Waals surface area (Å²) in [6.07, 6.45) is 0.735. The maximum absolute atomic E-state index is 11.1. The van der Waals surface area contributed by atoms with Crippen molar-refractivity contribution in [1.82, 2.24) is 10.2 Å². The van der Waals surface area contributed by atoms with E-state index < -0.39 is 5.60 Å². The number of rotatable bonds is 4. The fourth-order valence-corrected chi connectivity index (χ4v) is 2.86. The van der Waals surface area contributed by atoms with E-state index in [-0.39, 0.29) is 18.3 Å². The van der Waals surface area contributed by atoms with Crippen LogP contribution in [0.1, 0.15) is 12.0 Å². The molecular formula is C15H25ClN2O2. The summed E-state index contributed by atoms with van der Waals surface area (Å²) in [5.41, 5.74) is 0.185. The Hall–Kier alpha value is -0.810. The fraction of sp³-hybridized carbons (Fsp3) is 0.600. The van der Waals surface area contributed by atoms with Crippen molar-refractivity contribution in [2.75, 3.05) is 40.8 Å². The molecule has 2 N–H and O–H groups in total. The number of halogens is 1. The average Bonchev–Trinajstić information content (AvgIpc) is 2.41. The molecule has 2 rings (SSSR count). The second kappa shape index (κ2) is 7.27. The number of benzene rings is 1. The Morgan fingerprint density at radius 3 is 2.85 bits per heavy atom. The smallest absolute Gasteiger partial charge is 0.119 e. The number of nitrogens with zero attached hydrogens (tertiary/aromatic N) is 1. The lowest BCUT2D eigenvalue weighted by molar-refractivity contribution is -0.0541. The number of hydrogen-bond donors (Lipinski definition) is 2. The van der Waals surface area contributed by atoms with Crippen molar-refractivity contribution >= 4 is 12.4 Å². The van der Waals surface area contributed by atoms with Crippen molar-refractivity contribution in [2.45, 2.75) is 12.0 Å². The highest BCUT2D eigenvalue weighted by atomic mass is 35.5. The monoisotopic (exact) mass is 300 g/mol. The summed E-state index contributed by atoms with van der Waals surface area (Å²) in [5, 5.41) is 14.5. The molecule has 1 aliphatic heterocycles. The second-order valence-corrected chi connectivity index (χ2v) is 5.57. The van der Waals surface area contributed by atoms with E-state index in [9.17, 15) is 5.11 Å². The molecule has 2 atom stereocenters. The van der Waals surface area contributed by atoms with Gasteiger partial charge in [0.25, 0.3) is 0 Å². The van der Waals surface area contributed by atoms with Crippen molar-refractivity contribution in [2.24, 2.45) is 5.92 Å². The third-order valence-electron chi connectivity index (χ3n) is 3.90. The molecule has 1 aromatic rings. The normalized spacial score (nSPS) is 26.1. The zero-order chi connectivity index (χ0) is 13.9. The fourth-order valence-electron chi connectivity index (χ4n) is 2.86. The first-order valence-corrected chi connectivity index (χ1v) is 6.78. The van der Waals surface area contributed by atoms with Crippen LogP contribution in [-0.2, 0) is 5.60 Å². The molecule has 0 saturated carbocycles. The summed E-state index contributed by atoms with van der Waals surface area (Å²) >= 11 is 0. The van der Waals surface area contributed by atoms with Crippen LogP contribution in [0, 0.1) is 5.92 Å². The van der Waals surface area contributed by atoms with Crippen molar-refractivity contribution in [3.05, 3.63) is 29.8 Å². The molecule has 0 bridgehead atoms. The summed E-state index contributed by atoms with van der Waals surface area (Å²) in [7, 11) is 5.74. The van der Waals surface area contributed by atoms with Crippen LogP contribution in [0.2, 0.25) is 0 Å². The van der Waals surface area contributed by atoms with Crippen LogP contribution < -0.4 is 10.1 Å². The van der Waals surface area contributed by atoms with Crippen LogP contribution in [-0.4, -0.2) is 50.8 Å². The summed E-state index contributed by atoms with van der Waals surface area (Å²) in [4.78, 5) is 2.13. The number of piperidine rings is 1. The highest BCUT2D eigenvalue weighted by molar-refractivity contribution is 5.85. The Morgan fingerprint density at radius 2 is 2.20 bits per heavy atom. The van der Waals surface area contributed by atoms with E-state index in [1.807, 2.05) is 38.4 Å². The van der Waals surface area contributed by atoms with Crippen LogP contribution in [0.15, 0.2) is 24.3 Å². The van der Waals surface area contributed by atoms with Gasteiger partial charge >= 0.3 is 0 Å². The summed E-state index contributed by atoms with van der Waals surface area (Å²) in [5.74, 6) is 0.983. The molecule has 1 fully saturated rings. The third kappa shape index (κ3) is 3.64. The predicted molar refractivity (Wildman–Crippen MR) is 83.7 cm³/mol. The highest BCUT2D eigenvalue weighted by Crippen LogP contribution is 2.36. The summed E-state index contributed by atoms with van der Waals surface area (Å²) in [6.45, 7) is 2.55. The average molecular weight is 301 g/mol. The lowest BCUT2D eigenvalue weighted by Gasteiger charge is -2.42. The van der Waals surface area contributed by atoms with E-state index in [0.717, 1.165) is 37.4 Å². The minimum absolute atomic E-state index is 0. The Morgan fingerprint density at radius 1 is 1.45 bits per heavy atom. The molecule has 1 heterocycles. The van der Waals surface area contributed by atoms with Crippen molar-refractivity contribution < 1.29 is 9.84 Å². The van der Waals surface area contributed by atoms with Crippen LogP contribution in [0.25, 0.3) is 0 Å². The molecule has 4 nitrogen and oxygen atoms in total. The Bertz CT molecular complexity index is 428. The van der Waals surface area contributed by atoms with Gasteiger partial charge in [-0.3, -0.25) is 0 Å². The van der Waals surface area contributed by atoms with Gasteiger partial charge in [0, 0.05) is 19.0 Å². The number of hydrogen-bond acceptors (Lipinski definition) is 4. The number of methoxy groups -OCH3 is 1. The first kappa shape index (κ1) is 17.2. The molecule has 5 heteroatoms. The molecular weight excluding hydrogens is 276 g/mol. The van der Waals surface area contributed by atoms with Crippen LogP contribution in [0.4, 0.5) is 0 Å². The lowest BCUT2D eigenvalue weighted by atomic mass is 9.76. The Balaban J connectivity index is 0.00000200. The van der Waals surface area contributed by atoms with E-state index in [0.29, 0.717) is 0 Å². The summed E-state index contributed by atoms with van der Waals surface area (Å²) in [6, 6.07) is 7.81. The molecule has 1 aromatic carbocycles. The van der Waals surface area contributed by atoms with Gasteiger partial charge in [-0.05, 0) is 44.8 Å². The molecule has 1 aliphatic rings. The molecule has 0 amide bonds. The highest BCUT2D eigenvalue weighted by Gasteiger charge is 2.40. The number of nitrogens with one attached hydrogen (secondary N) is 1. The SMILES string of the molecule is COc1cccc([C@@]2(O)CCNC[C@H]2CN(C)C)c1.Cl. The zero-order valence-corrected chi connectivity index (χ0v) is 13.2. The molecule has 20 heavy (non-hydrogen) atoms. The second-order valence-electron chi connectivity index (χ2n) is 5.57. The molecule has 0 unspecified atom stereocenters. The van der Waals surface area contributed by atoms with Gasteiger partial charge in [-0.1, -0.05) is 12.1 Å². The van der Waals surface area contributed by atoms with E-state index in [1.54, 1.807) is 7.11 Å².